The lowest BCUT2D eigenvalue weighted by Crippen LogP contribution is -2.51. The number of nitrogens with one attached hydrogen (secondary N) is 2. The summed E-state index contributed by atoms with van der Waals surface area (Å²) in [5.74, 6) is 1.79. The second kappa shape index (κ2) is 11.2. The van der Waals surface area contributed by atoms with Crippen molar-refractivity contribution in [1.29, 1.82) is 0 Å². The fourth-order valence-corrected chi connectivity index (χ4v) is 3.46. The maximum absolute atomic E-state index is 4.66. The number of anilines is 2. The van der Waals surface area contributed by atoms with Gasteiger partial charge in [0.25, 0.3) is 0 Å². The molecule has 1 aliphatic heterocycles. The molecule has 1 fully saturated rings. The number of aryl methyl sites for hydroxylation is 1. The molecule has 0 spiro atoms. The van der Waals surface area contributed by atoms with Crippen LogP contribution in [-0.2, 0) is 6.54 Å². The van der Waals surface area contributed by atoms with E-state index in [1.807, 2.05) is 44.2 Å². The molecular formula is C22H33IN6. The number of aromatic nitrogens is 1. The van der Waals surface area contributed by atoms with Gasteiger partial charge >= 0.3 is 0 Å². The van der Waals surface area contributed by atoms with E-state index in [1.165, 1.54) is 17.7 Å². The summed E-state index contributed by atoms with van der Waals surface area (Å²) in [6.45, 7) is 4.87. The minimum atomic E-state index is 0. The Morgan fingerprint density at radius 2 is 1.97 bits per heavy atom. The maximum atomic E-state index is 4.66. The van der Waals surface area contributed by atoms with Crippen molar-refractivity contribution in [2.45, 2.75) is 32.4 Å². The summed E-state index contributed by atoms with van der Waals surface area (Å²) in [7, 11) is 5.82. The third kappa shape index (κ3) is 6.76. The Hall–Kier alpha value is -2.03. The summed E-state index contributed by atoms with van der Waals surface area (Å²) < 4.78 is 0. The van der Waals surface area contributed by atoms with Gasteiger partial charge in [-0.15, -0.1) is 24.0 Å². The topological polar surface area (TPSA) is 55.8 Å². The lowest BCUT2D eigenvalue weighted by Gasteiger charge is -2.35. The summed E-state index contributed by atoms with van der Waals surface area (Å²) in [6, 6.07) is 15.3. The Bertz CT molecular complexity index is 790. The predicted octanol–water partition coefficient (Wildman–Crippen LogP) is 3.41. The Kier molecular flexibility index (Phi) is 9.00. The van der Waals surface area contributed by atoms with Crippen LogP contribution >= 0.6 is 24.0 Å². The monoisotopic (exact) mass is 508 g/mol. The maximum Gasteiger partial charge on any atom is 0.191 e. The summed E-state index contributed by atoms with van der Waals surface area (Å²) in [6.07, 6.45) is 2.33. The highest BCUT2D eigenvalue weighted by Gasteiger charge is 2.21. The van der Waals surface area contributed by atoms with Crippen molar-refractivity contribution in [3.8, 4) is 0 Å². The van der Waals surface area contributed by atoms with E-state index in [0.717, 1.165) is 37.0 Å². The van der Waals surface area contributed by atoms with Crippen LogP contribution in [0.4, 0.5) is 11.5 Å². The van der Waals surface area contributed by atoms with E-state index in [4.69, 9.17) is 0 Å². The van der Waals surface area contributed by atoms with E-state index in [9.17, 15) is 0 Å². The normalized spacial score (nSPS) is 16.8. The van der Waals surface area contributed by atoms with Crippen LogP contribution in [0, 0.1) is 6.92 Å². The Morgan fingerprint density at radius 1 is 1.21 bits per heavy atom. The fraction of sp³-hybridized carbons (Fsp3) is 0.455. The van der Waals surface area contributed by atoms with Crippen LogP contribution in [0.15, 0.2) is 47.5 Å². The number of hydrogen-bond donors (Lipinski definition) is 2. The third-order valence-electron chi connectivity index (χ3n) is 5.07. The molecule has 1 atom stereocenters. The average Bonchev–Trinajstić information content (AvgIpc) is 2.72. The zero-order chi connectivity index (χ0) is 19.9. The van der Waals surface area contributed by atoms with Crippen LogP contribution in [0.2, 0.25) is 0 Å². The highest BCUT2D eigenvalue weighted by atomic mass is 127. The number of halogens is 1. The molecule has 1 aromatic heterocycles. The molecule has 1 unspecified atom stereocenters. The molecule has 0 saturated carbocycles. The molecular weight excluding hydrogens is 475 g/mol. The van der Waals surface area contributed by atoms with E-state index in [0.29, 0.717) is 12.6 Å². The highest BCUT2D eigenvalue weighted by Crippen LogP contribution is 2.20. The van der Waals surface area contributed by atoms with Gasteiger partial charge in [-0.25, -0.2) is 4.98 Å². The van der Waals surface area contributed by atoms with Crippen LogP contribution in [0.5, 0.6) is 0 Å². The van der Waals surface area contributed by atoms with Gasteiger partial charge in [-0.3, -0.25) is 4.99 Å². The molecule has 29 heavy (non-hydrogen) atoms. The second-order valence-corrected chi connectivity index (χ2v) is 7.57. The molecule has 0 aliphatic carbocycles. The molecule has 6 nitrogen and oxygen atoms in total. The standard InChI is InChI=1S/C22H32N6.HI/c1-17-10-12-20(13-11-17)28-14-6-8-19(16-28)26-22(23-2)24-15-18-7-5-9-21(25-18)27(3)4;/h5,7,9-13,19H,6,8,14-16H2,1-4H3,(H2,23,24,26);1H. The Labute approximate surface area is 191 Å². The molecule has 2 N–H and O–H groups in total. The Balaban J connectivity index is 0.00000300. The second-order valence-electron chi connectivity index (χ2n) is 7.57. The zero-order valence-electron chi connectivity index (χ0n) is 17.9. The number of benzene rings is 1. The van der Waals surface area contributed by atoms with Gasteiger partial charge in [0.15, 0.2) is 5.96 Å². The number of pyridine rings is 1. The number of nitrogens with zero attached hydrogens (tertiary/aromatic N) is 4. The molecule has 1 aliphatic rings. The molecule has 2 aromatic rings. The van der Waals surface area contributed by atoms with Crippen molar-refractivity contribution >= 4 is 41.4 Å². The first kappa shape index (κ1) is 23.3. The average molecular weight is 508 g/mol. The molecule has 7 heteroatoms. The van der Waals surface area contributed by atoms with Crippen LogP contribution in [-0.4, -0.2) is 51.2 Å². The van der Waals surface area contributed by atoms with E-state index in [-0.39, 0.29) is 24.0 Å². The molecule has 0 amide bonds. The fourth-order valence-electron chi connectivity index (χ4n) is 3.46. The van der Waals surface area contributed by atoms with E-state index < -0.39 is 0 Å². The van der Waals surface area contributed by atoms with Crippen molar-refractivity contribution in [1.82, 2.24) is 15.6 Å². The minimum Gasteiger partial charge on any atom is -0.369 e. The van der Waals surface area contributed by atoms with Gasteiger partial charge in [0, 0.05) is 46.0 Å². The lowest BCUT2D eigenvalue weighted by molar-refractivity contribution is 0.468. The van der Waals surface area contributed by atoms with Crippen molar-refractivity contribution in [2.24, 2.45) is 4.99 Å². The van der Waals surface area contributed by atoms with E-state index >= 15 is 0 Å². The van der Waals surface area contributed by atoms with Gasteiger partial charge in [-0.05, 0) is 44.0 Å². The van der Waals surface area contributed by atoms with Crippen molar-refractivity contribution in [3.63, 3.8) is 0 Å². The van der Waals surface area contributed by atoms with Crippen LogP contribution in [0.3, 0.4) is 0 Å². The van der Waals surface area contributed by atoms with Crippen LogP contribution in [0.25, 0.3) is 0 Å². The molecule has 1 saturated heterocycles. The molecule has 1 aromatic carbocycles. The van der Waals surface area contributed by atoms with Gasteiger partial charge in [-0.1, -0.05) is 23.8 Å². The smallest absolute Gasteiger partial charge is 0.191 e. The van der Waals surface area contributed by atoms with Crippen molar-refractivity contribution < 1.29 is 0 Å². The quantitative estimate of drug-likeness (QED) is 0.369. The Morgan fingerprint density at radius 3 is 2.66 bits per heavy atom. The first-order valence-corrected chi connectivity index (χ1v) is 9.97. The van der Waals surface area contributed by atoms with E-state index in [1.54, 1.807) is 0 Å². The number of hydrogen-bond acceptors (Lipinski definition) is 4. The first-order chi connectivity index (χ1) is 13.5. The molecule has 0 radical (unpaired) electrons. The SMILES string of the molecule is CN=C(NCc1cccc(N(C)C)n1)NC1CCCN(c2ccc(C)cc2)C1.I. The lowest BCUT2D eigenvalue weighted by atomic mass is 10.0. The molecule has 158 valence electrons. The number of rotatable bonds is 5. The minimum absolute atomic E-state index is 0. The summed E-state index contributed by atoms with van der Waals surface area (Å²) in [5, 5.41) is 6.98. The van der Waals surface area contributed by atoms with Crippen molar-refractivity contribution in [2.75, 3.05) is 44.0 Å². The van der Waals surface area contributed by atoms with Crippen molar-refractivity contribution in [3.05, 3.63) is 53.7 Å². The molecule has 2 heterocycles. The summed E-state index contributed by atoms with van der Waals surface area (Å²) in [4.78, 5) is 13.5. The number of aliphatic imine (C=N–C) groups is 1. The summed E-state index contributed by atoms with van der Waals surface area (Å²) in [5.41, 5.74) is 3.59. The van der Waals surface area contributed by atoms with Crippen LogP contribution < -0.4 is 20.4 Å². The predicted molar refractivity (Wildman–Crippen MR) is 134 cm³/mol. The van der Waals surface area contributed by atoms with Gasteiger partial charge in [-0.2, -0.15) is 0 Å². The van der Waals surface area contributed by atoms with Gasteiger partial charge < -0.3 is 20.4 Å². The van der Waals surface area contributed by atoms with E-state index in [2.05, 4.69) is 56.7 Å². The van der Waals surface area contributed by atoms with Crippen LogP contribution in [0.1, 0.15) is 24.1 Å². The third-order valence-corrected chi connectivity index (χ3v) is 5.07. The zero-order valence-corrected chi connectivity index (χ0v) is 20.2. The largest absolute Gasteiger partial charge is 0.369 e. The molecule has 0 bridgehead atoms. The number of guanidine groups is 1. The summed E-state index contributed by atoms with van der Waals surface area (Å²) >= 11 is 0. The molecule has 3 rings (SSSR count). The van der Waals surface area contributed by atoms with Gasteiger partial charge in [0.1, 0.15) is 5.82 Å². The highest BCUT2D eigenvalue weighted by molar-refractivity contribution is 14.0. The van der Waals surface area contributed by atoms with Gasteiger partial charge in [0.05, 0.1) is 12.2 Å². The number of piperidine rings is 1. The first-order valence-electron chi connectivity index (χ1n) is 9.97. The van der Waals surface area contributed by atoms with Gasteiger partial charge in [0.2, 0.25) is 0 Å².